The molecule has 1 N–H and O–H groups in total. The van der Waals surface area contributed by atoms with Gasteiger partial charge >= 0.3 is 0 Å². The molecule has 1 fully saturated rings. The van der Waals surface area contributed by atoms with Gasteiger partial charge in [0.1, 0.15) is 5.82 Å². The summed E-state index contributed by atoms with van der Waals surface area (Å²) < 4.78 is 2.05. The van der Waals surface area contributed by atoms with Crippen LogP contribution in [0, 0.1) is 18.8 Å². The Kier molecular flexibility index (Phi) is 3.95. The van der Waals surface area contributed by atoms with Crippen molar-refractivity contribution in [2.24, 2.45) is 18.9 Å². The van der Waals surface area contributed by atoms with Crippen molar-refractivity contribution in [1.29, 1.82) is 0 Å². The van der Waals surface area contributed by atoms with Crippen LogP contribution in [0.3, 0.4) is 0 Å². The molecule has 0 bridgehead atoms. The van der Waals surface area contributed by atoms with Gasteiger partial charge < -0.3 is 10.2 Å². The minimum atomic E-state index is 0.771. The zero-order chi connectivity index (χ0) is 13.3. The monoisotopic (exact) mass is 250 g/mol. The molecular weight excluding hydrogens is 224 g/mol. The summed E-state index contributed by atoms with van der Waals surface area (Å²) in [7, 11) is 2.06. The van der Waals surface area contributed by atoms with Crippen LogP contribution in [0.1, 0.15) is 32.0 Å². The maximum Gasteiger partial charge on any atom is 0.131 e. The van der Waals surface area contributed by atoms with E-state index in [1.165, 1.54) is 11.4 Å². The molecule has 1 aromatic rings. The van der Waals surface area contributed by atoms with Crippen LogP contribution >= 0.6 is 0 Å². The summed E-state index contributed by atoms with van der Waals surface area (Å²) in [4.78, 5) is 2.50. The fourth-order valence-electron chi connectivity index (χ4n) is 2.84. The van der Waals surface area contributed by atoms with E-state index in [1.54, 1.807) is 0 Å². The second-order valence-electron chi connectivity index (χ2n) is 5.65. The van der Waals surface area contributed by atoms with Crippen LogP contribution in [0.15, 0.2) is 0 Å². The van der Waals surface area contributed by atoms with Gasteiger partial charge in [0.15, 0.2) is 0 Å². The molecule has 2 rings (SSSR count). The number of anilines is 1. The summed E-state index contributed by atoms with van der Waals surface area (Å²) in [6.07, 6.45) is 0. The van der Waals surface area contributed by atoms with E-state index in [-0.39, 0.29) is 0 Å². The van der Waals surface area contributed by atoms with Gasteiger partial charge in [-0.3, -0.25) is 4.68 Å². The molecule has 1 aromatic heterocycles. The van der Waals surface area contributed by atoms with Crippen LogP contribution in [0.25, 0.3) is 0 Å². The normalized spacial score (nSPS) is 23.9. The van der Waals surface area contributed by atoms with Gasteiger partial charge in [-0.2, -0.15) is 5.10 Å². The molecule has 4 heteroatoms. The van der Waals surface area contributed by atoms with Crippen molar-refractivity contribution in [2.75, 3.05) is 24.5 Å². The van der Waals surface area contributed by atoms with Gasteiger partial charge in [-0.25, -0.2) is 0 Å². The number of aryl methyl sites for hydroxylation is 2. The Bertz CT molecular complexity index is 400. The third-order valence-electron chi connectivity index (χ3n) is 4.15. The van der Waals surface area contributed by atoms with Crippen molar-refractivity contribution in [3.8, 4) is 0 Å². The third kappa shape index (κ3) is 2.39. The van der Waals surface area contributed by atoms with E-state index >= 15 is 0 Å². The summed E-state index contributed by atoms with van der Waals surface area (Å²) in [5.41, 5.74) is 2.52. The highest BCUT2D eigenvalue weighted by molar-refractivity contribution is 5.51. The Morgan fingerprint density at radius 3 is 2.44 bits per heavy atom. The summed E-state index contributed by atoms with van der Waals surface area (Å²) in [5.74, 6) is 2.85. The number of nitrogens with zero attached hydrogens (tertiary/aromatic N) is 3. The van der Waals surface area contributed by atoms with Gasteiger partial charge in [0, 0.05) is 32.2 Å². The molecule has 18 heavy (non-hydrogen) atoms. The van der Waals surface area contributed by atoms with Crippen molar-refractivity contribution in [1.82, 2.24) is 15.1 Å². The molecule has 102 valence electrons. The van der Waals surface area contributed by atoms with Crippen LogP contribution in [-0.4, -0.2) is 29.4 Å². The smallest absolute Gasteiger partial charge is 0.131 e. The highest BCUT2D eigenvalue weighted by atomic mass is 15.4. The molecule has 0 aliphatic carbocycles. The lowest BCUT2D eigenvalue weighted by atomic mass is 10.0. The quantitative estimate of drug-likeness (QED) is 0.886. The Labute approximate surface area is 110 Å². The van der Waals surface area contributed by atoms with E-state index < -0.39 is 0 Å². The Morgan fingerprint density at radius 2 is 1.89 bits per heavy atom. The topological polar surface area (TPSA) is 33.1 Å². The molecule has 0 spiro atoms. The Morgan fingerprint density at radius 1 is 1.28 bits per heavy atom. The van der Waals surface area contributed by atoms with E-state index in [0.29, 0.717) is 0 Å². The van der Waals surface area contributed by atoms with E-state index in [1.807, 2.05) is 4.68 Å². The average Bonchev–Trinajstić information content (AvgIpc) is 2.77. The highest BCUT2D eigenvalue weighted by Gasteiger charge is 2.30. The predicted octanol–water partition coefficient (Wildman–Crippen LogP) is 1.93. The largest absolute Gasteiger partial charge is 0.356 e. The number of hydrogen-bond donors (Lipinski definition) is 1. The molecule has 0 radical (unpaired) electrons. The molecule has 0 saturated carbocycles. The summed E-state index contributed by atoms with van der Waals surface area (Å²) in [5, 5.41) is 8.02. The van der Waals surface area contributed by atoms with E-state index in [9.17, 15) is 0 Å². The van der Waals surface area contributed by atoms with Crippen molar-refractivity contribution in [3.63, 3.8) is 0 Å². The van der Waals surface area contributed by atoms with Gasteiger partial charge in [-0.05, 0) is 25.3 Å². The van der Waals surface area contributed by atoms with Gasteiger partial charge in [0.2, 0.25) is 0 Å². The van der Waals surface area contributed by atoms with Crippen LogP contribution in [0.2, 0.25) is 0 Å². The molecule has 1 aliphatic rings. The second kappa shape index (κ2) is 5.31. The number of rotatable bonds is 4. The maximum absolute atomic E-state index is 4.59. The molecule has 0 aromatic carbocycles. The van der Waals surface area contributed by atoms with Crippen LogP contribution in [0.5, 0.6) is 0 Å². The maximum atomic E-state index is 4.59. The molecule has 2 unspecified atom stereocenters. The first kappa shape index (κ1) is 13.4. The van der Waals surface area contributed by atoms with Crippen molar-refractivity contribution >= 4 is 5.82 Å². The lowest BCUT2D eigenvalue weighted by molar-refractivity contribution is 0.494. The zero-order valence-corrected chi connectivity index (χ0v) is 12.3. The number of nitrogens with one attached hydrogen (secondary N) is 1. The van der Waals surface area contributed by atoms with E-state index in [4.69, 9.17) is 0 Å². The van der Waals surface area contributed by atoms with Crippen molar-refractivity contribution < 1.29 is 0 Å². The highest BCUT2D eigenvalue weighted by Crippen LogP contribution is 2.31. The van der Waals surface area contributed by atoms with Gasteiger partial charge in [-0.1, -0.05) is 20.8 Å². The minimum absolute atomic E-state index is 0.771. The van der Waals surface area contributed by atoms with Gasteiger partial charge in [0.25, 0.3) is 0 Å². The number of hydrogen-bond acceptors (Lipinski definition) is 3. The minimum Gasteiger partial charge on any atom is -0.356 e. The zero-order valence-electron chi connectivity index (χ0n) is 12.3. The fourth-order valence-corrected chi connectivity index (χ4v) is 2.84. The SMILES string of the molecule is CCNCc1c(C)nn(C)c1N1CC(C)C(C)C1. The molecule has 1 aliphatic heterocycles. The third-order valence-corrected chi connectivity index (χ3v) is 4.15. The molecule has 1 saturated heterocycles. The summed E-state index contributed by atoms with van der Waals surface area (Å²) >= 11 is 0. The van der Waals surface area contributed by atoms with Gasteiger partial charge in [0.05, 0.1) is 5.69 Å². The Balaban J connectivity index is 2.26. The summed E-state index contributed by atoms with van der Waals surface area (Å²) in [6, 6.07) is 0. The molecular formula is C14H26N4. The molecule has 2 heterocycles. The van der Waals surface area contributed by atoms with Crippen molar-refractivity contribution in [3.05, 3.63) is 11.3 Å². The first-order valence-corrected chi connectivity index (χ1v) is 7.02. The first-order valence-electron chi connectivity index (χ1n) is 7.02. The fraction of sp³-hybridized carbons (Fsp3) is 0.786. The second-order valence-corrected chi connectivity index (χ2v) is 5.65. The first-order chi connectivity index (χ1) is 8.54. The lowest BCUT2D eigenvalue weighted by Crippen LogP contribution is -2.25. The average molecular weight is 250 g/mol. The molecule has 0 amide bonds. The van der Waals surface area contributed by atoms with E-state index in [2.05, 4.69) is 50.1 Å². The van der Waals surface area contributed by atoms with Crippen LogP contribution < -0.4 is 10.2 Å². The standard InChI is InChI=1S/C14H26N4/c1-6-15-7-13-12(4)16-17(5)14(13)18-8-10(2)11(3)9-18/h10-11,15H,6-9H2,1-5H3. The predicted molar refractivity (Wildman–Crippen MR) is 75.9 cm³/mol. The van der Waals surface area contributed by atoms with Gasteiger partial charge in [-0.15, -0.1) is 0 Å². The molecule has 4 nitrogen and oxygen atoms in total. The van der Waals surface area contributed by atoms with Crippen molar-refractivity contribution in [2.45, 2.75) is 34.2 Å². The van der Waals surface area contributed by atoms with Crippen LogP contribution in [0.4, 0.5) is 5.82 Å². The summed E-state index contributed by atoms with van der Waals surface area (Å²) in [6.45, 7) is 13.2. The lowest BCUT2D eigenvalue weighted by Gasteiger charge is -2.20. The number of aromatic nitrogens is 2. The molecule has 2 atom stereocenters. The van der Waals surface area contributed by atoms with Crippen LogP contribution in [-0.2, 0) is 13.6 Å². The Hall–Kier alpha value is -1.03. The van der Waals surface area contributed by atoms with E-state index in [0.717, 1.165) is 43.7 Å².